The van der Waals surface area contributed by atoms with Gasteiger partial charge in [0.25, 0.3) is 5.91 Å². The molecule has 1 fully saturated rings. The normalized spacial score (nSPS) is 19.2. The topological polar surface area (TPSA) is 104 Å². The minimum Gasteiger partial charge on any atom is -0.469 e. The highest BCUT2D eigenvalue weighted by Gasteiger charge is 2.35. The first-order valence-corrected chi connectivity index (χ1v) is 10.8. The Hall–Kier alpha value is -2.55. The summed E-state index contributed by atoms with van der Waals surface area (Å²) in [4.78, 5) is 30.2. The molecule has 3 rings (SSSR count). The fourth-order valence-corrected chi connectivity index (χ4v) is 3.52. The second-order valence-corrected chi connectivity index (χ2v) is 9.08. The summed E-state index contributed by atoms with van der Waals surface area (Å²) < 4.78 is 17.7. The van der Waals surface area contributed by atoms with Gasteiger partial charge in [0.2, 0.25) is 5.88 Å². The fraction of sp³-hybridized carbons (Fsp3) is 0.409. The first-order valence-electron chi connectivity index (χ1n) is 10.0. The monoisotopic (exact) mass is 481 g/mol. The predicted octanol–water partition coefficient (Wildman–Crippen LogP) is 4.24. The molecule has 0 aliphatic carbocycles. The number of carbonyl (C=O) groups is 2. The van der Waals surface area contributed by atoms with Crippen LogP contribution in [0.25, 0.3) is 0 Å². The van der Waals surface area contributed by atoms with Gasteiger partial charge in [0.1, 0.15) is 23.4 Å². The highest BCUT2D eigenvalue weighted by atomic mass is 35.5. The summed E-state index contributed by atoms with van der Waals surface area (Å²) in [5.74, 6) is -0.637. The van der Waals surface area contributed by atoms with E-state index in [1.807, 2.05) is 0 Å². The molecule has 2 aromatic rings. The maximum Gasteiger partial charge on any atom is 0.410 e. The van der Waals surface area contributed by atoms with Gasteiger partial charge in [-0.05, 0) is 50.6 Å². The Morgan fingerprint density at radius 1 is 1.22 bits per heavy atom. The number of amides is 2. The Bertz CT molecular complexity index is 996. The maximum atomic E-state index is 12.7. The van der Waals surface area contributed by atoms with E-state index < -0.39 is 29.8 Å². The smallest absolute Gasteiger partial charge is 0.410 e. The Labute approximate surface area is 196 Å². The fourth-order valence-electron chi connectivity index (χ4n) is 3.21. The predicted molar refractivity (Wildman–Crippen MR) is 120 cm³/mol. The lowest BCUT2D eigenvalue weighted by Gasteiger charge is -2.30. The number of halogens is 2. The van der Waals surface area contributed by atoms with Crippen LogP contribution in [0.3, 0.4) is 0 Å². The molecule has 10 heteroatoms. The van der Waals surface area contributed by atoms with Crippen molar-refractivity contribution < 1.29 is 23.8 Å². The van der Waals surface area contributed by atoms with E-state index in [0.29, 0.717) is 15.6 Å². The molecule has 172 valence electrons. The number of ether oxygens (including phenoxy) is 3. The van der Waals surface area contributed by atoms with Crippen molar-refractivity contribution in [2.75, 3.05) is 19.7 Å². The van der Waals surface area contributed by atoms with E-state index in [2.05, 4.69) is 4.98 Å². The van der Waals surface area contributed by atoms with E-state index in [4.69, 9.17) is 43.1 Å². The molecule has 2 heterocycles. The van der Waals surface area contributed by atoms with Crippen LogP contribution in [0.5, 0.6) is 5.88 Å². The van der Waals surface area contributed by atoms with Crippen molar-refractivity contribution in [1.29, 1.82) is 0 Å². The Balaban J connectivity index is 1.96. The summed E-state index contributed by atoms with van der Waals surface area (Å²) in [7, 11) is 0. The molecule has 8 nitrogen and oxygen atoms in total. The standard InChI is InChI=1S/C22H25Cl2N3O5/c1-22(2,3)32-21(29)27-9-10-30-18(13-6-7-15(23)16(24)11-13)17(12-27)31-20-14(19(25)28)5-4-8-26-20/h4-8,11,17-18H,9-10,12H2,1-3H3,(H2,25,28). The van der Waals surface area contributed by atoms with Crippen LogP contribution in [0.2, 0.25) is 10.0 Å². The quantitative estimate of drug-likeness (QED) is 0.699. The van der Waals surface area contributed by atoms with Crippen LogP contribution in [0.15, 0.2) is 36.5 Å². The van der Waals surface area contributed by atoms with Gasteiger partial charge in [-0.3, -0.25) is 4.79 Å². The molecule has 1 saturated heterocycles. The van der Waals surface area contributed by atoms with E-state index in [0.717, 1.165) is 0 Å². The number of hydrogen-bond donors (Lipinski definition) is 1. The van der Waals surface area contributed by atoms with Crippen molar-refractivity contribution in [2.24, 2.45) is 5.73 Å². The SMILES string of the molecule is CC(C)(C)OC(=O)N1CCOC(c2ccc(Cl)c(Cl)c2)C(Oc2ncccc2C(N)=O)C1. The van der Waals surface area contributed by atoms with E-state index >= 15 is 0 Å². The highest BCUT2D eigenvalue weighted by Crippen LogP contribution is 2.33. The molecule has 1 aromatic carbocycles. The van der Waals surface area contributed by atoms with Gasteiger partial charge in [0.05, 0.1) is 23.2 Å². The molecular weight excluding hydrogens is 457 g/mol. The van der Waals surface area contributed by atoms with E-state index in [9.17, 15) is 9.59 Å². The van der Waals surface area contributed by atoms with Crippen LogP contribution in [0.1, 0.15) is 42.8 Å². The van der Waals surface area contributed by atoms with Crippen molar-refractivity contribution in [3.8, 4) is 5.88 Å². The highest BCUT2D eigenvalue weighted by molar-refractivity contribution is 6.42. The van der Waals surface area contributed by atoms with Crippen LogP contribution in [-0.2, 0) is 9.47 Å². The molecular formula is C22H25Cl2N3O5. The molecule has 0 spiro atoms. The molecule has 0 bridgehead atoms. The first-order chi connectivity index (χ1) is 15.0. The zero-order valence-corrected chi connectivity index (χ0v) is 19.5. The van der Waals surface area contributed by atoms with Gasteiger partial charge in [-0.15, -0.1) is 0 Å². The summed E-state index contributed by atoms with van der Waals surface area (Å²) in [6.07, 6.45) is -0.380. The first kappa shape index (κ1) is 24.1. The third kappa shape index (κ3) is 6.03. The molecule has 0 saturated carbocycles. The number of pyridine rings is 1. The molecule has 2 unspecified atom stereocenters. The zero-order valence-electron chi connectivity index (χ0n) is 18.0. The number of nitrogens with zero attached hydrogens (tertiary/aromatic N) is 2. The summed E-state index contributed by atoms with van der Waals surface area (Å²) in [5, 5.41) is 0.757. The largest absolute Gasteiger partial charge is 0.469 e. The van der Waals surface area contributed by atoms with Crippen molar-refractivity contribution in [1.82, 2.24) is 9.88 Å². The van der Waals surface area contributed by atoms with Crippen molar-refractivity contribution in [3.05, 3.63) is 57.7 Å². The van der Waals surface area contributed by atoms with Crippen LogP contribution in [-0.4, -0.2) is 53.3 Å². The molecule has 0 radical (unpaired) electrons. The Morgan fingerprint density at radius 2 is 1.97 bits per heavy atom. The molecule has 1 aliphatic heterocycles. The van der Waals surface area contributed by atoms with Crippen molar-refractivity contribution in [3.63, 3.8) is 0 Å². The van der Waals surface area contributed by atoms with Crippen molar-refractivity contribution >= 4 is 35.2 Å². The molecule has 1 aromatic heterocycles. The van der Waals surface area contributed by atoms with Gasteiger partial charge in [0.15, 0.2) is 0 Å². The molecule has 2 N–H and O–H groups in total. The zero-order chi connectivity index (χ0) is 23.5. The average molecular weight is 482 g/mol. The number of aromatic nitrogens is 1. The van der Waals surface area contributed by atoms with E-state index in [1.54, 1.807) is 45.0 Å². The summed E-state index contributed by atoms with van der Waals surface area (Å²) >= 11 is 12.3. The van der Waals surface area contributed by atoms with Gasteiger partial charge < -0.3 is 24.8 Å². The Morgan fingerprint density at radius 3 is 2.62 bits per heavy atom. The summed E-state index contributed by atoms with van der Waals surface area (Å²) in [6.45, 7) is 6.01. The van der Waals surface area contributed by atoms with E-state index in [-0.39, 0.29) is 31.1 Å². The van der Waals surface area contributed by atoms with Crippen LogP contribution >= 0.6 is 23.2 Å². The van der Waals surface area contributed by atoms with E-state index in [1.165, 1.54) is 17.2 Å². The number of hydrogen-bond acceptors (Lipinski definition) is 6. The second-order valence-electron chi connectivity index (χ2n) is 8.27. The molecule has 32 heavy (non-hydrogen) atoms. The lowest BCUT2D eigenvalue weighted by Crippen LogP contribution is -2.43. The van der Waals surface area contributed by atoms with Crippen LogP contribution in [0.4, 0.5) is 4.79 Å². The van der Waals surface area contributed by atoms with Crippen LogP contribution in [0, 0.1) is 0 Å². The summed E-state index contributed by atoms with van der Waals surface area (Å²) in [5.41, 5.74) is 5.63. The Kier molecular flexibility index (Phi) is 7.48. The molecule has 1 aliphatic rings. The lowest BCUT2D eigenvalue weighted by molar-refractivity contribution is -0.0123. The van der Waals surface area contributed by atoms with Gasteiger partial charge in [0, 0.05) is 12.7 Å². The van der Waals surface area contributed by atoms with Gasteiger partial charge in [-0.2, -0.15) is 0 Å². The molecule has 2 atom stereocenters. The lowest BCUT2D eigenvalue weighted by atomic mass is 10.0. The number of rotatable bonds is 4. The summed E-state index contributed by atoms with van der Waals surface area (Å²) in [6, 6.07) is 8.21. The number of benzene rings is 1. The number of carbonyl (C=O) groups excluding carboxylic acids is 2. The van der Waals surface area contributed by atoms with Gasteiger partial charge >= 0.3 is 6.09 Å². The maximum absolute atomic E-state index is 12.7. The minimum atomic E-state index is -0.740. The minimum absolute atomic E-state index is 0.0460. The second kappa shape index (κ2) is 9.94. The number of primary amides is 1. The van der Waals surface area contributed by atoms with Crippen molar-refractivity contribution in [2.45, 2.75) is 38.6 Å². The van der Waals surface area contributed by atoms with Crippen LogP contribution < -0.4 is 10.5 Å². The third-order valence-electron chi connectivity index (χ3n) is 4.62. The average Bonchev–Trinajstić information content (AvgIpc) is 2.92. The van der Waals surface area contributed by atoms with Gasteiger partial charge in [-0.1, -0.05) is 29.3 Å². The molecule has 2 amide bonds. The number of nitrogens with two attached hydrogens (primary N) is 1. The third-order valence-corrected chi connectivity index (χ3v) is 5.36. The van der Waals surface area contributed by atoms with Gasteiger partial charge in [-0.25, -0.2) is 9.78 Å².